The Bertz CT molecular complexity index is 560. The molecule has 0 spiro atoms. The summed E-state index contributed by atoms with van der Waals surface area (Å²) in [6.45, 7) is 0. The van der Waals surface area contributed by atoms with Crippen LogP contribution in [0.3, 0.4) is 0 Å². The van der Waals surface area contributed by atoms with Crippen molar-refractivity contribution in [2.24, 2.45) is 7.05 Å². The minimum absolute atomic E-state index is 0.124. The first-order valence-corrected chi connectivity index (χ1v) is 4.05. The number of halogens is 2. The number of hydrogen-bond donors (Lipinski definition) is 0. The third-order valence-electron chi connectivity index (χ3n) is 2.14. The summed E-state index contributed by atoms with van der Waals surface area (Å²) in [5.74, 6) is -1.40. The standard InChI is InChI=1S/C10H7F2NO/c1-13-9-6(3-2-4-7(9)11)5-8(12)10(13)14/h2-5H,1H3. The van der Waals surface area contributed by atoms with E-state index < -0.39 is 17.2 Å². The normalized spacial score (nSPS) is 10.8. The number of aryl methyl sites for hydroxylation is 1. The van der Waals surface area contributed by atoms with Gasteiger partial charge in [-0.15, -0.1) is 0 Å². The second-order valence-corrected chi connectivity index (χ2v) is 3.03. The van der Waals surface area contributed by atoms with Crippen LogP contribution in [0.15, 0.2) is 29.1 Å². The molecule has 0 unspecified atom stereocenters. The Balaban J connectivity index is 3.07. The van der Waals surface area contributed by atoms with Crippen LogP contribution in [0.5, 0.6) is 0 Å². The van der Waals surface area contributed by atoms with Crippen LogP contribution in [-0.2, 0) is 7.05 Å². The fourth-order valence-electron chi connectivity index (χ4n) is 1.46. The number of pyridine rings is 1. The van der Waals surface area contributed by atoms with Crippen molar-refractivity contribution in [3.05, 3.63) is 46.3 Å². The Morgan fingerprint density at radius 3 is 2.64 bits per heavy atom. The highest BCUT2D eigenvalue weighted by Gasteiger charge is 2.08. The summed E-state index contributed by atoms with van der Waals surface area (Å²) >= 11 is 0. The molecular weight excluding hydrogens is 188 g/mol. The Hall–Kier alpha value is -1.71. The fraction of sp³-hybridized carbons (Fsp3) is 0.100. The lowest BCUT2D eigenvalue weighted by atomic mass is 10.2. The SMILES string of the molecule is Cn1c(=O)c(F)cc2cccc(F)c21. The topological polar surface area (TPSA) is 22.0 Å². The molecule has 0 saturated carbocycles. The molecule has 0 bridgehead atoms. The van der Waals surface area contributed by atoms with Crippen molar-refractivity contribution in [2.75, 3.05) is 0 Å². The van der Waals surface area contributed by atoms with Crippen molar-refractivity contribution in [3.63, 3.8) is 0 Å². The van der Waals surface area contributed by atoms with Crippen molar-refractivity contribution in [1.82, 2.24) is 4.57 Å². The largest absolute Gasteiger partial charge is 0.306 e. The highest BCUT2D eigenvalue weighted by molar-refractivity contribution is 5.79. The molecule has 1 aromatic heterocycles. The monoisotopic (exact) mass is 195 g/mol. The average Bonchev–Trinajstić information content (AvgIpc) is 2.14. The van der Waals surface area contributed by atoms with E-state index >= 15 is 0 Å². The molecule has 0 N–H and O–H groups in total. The lowest BCUT2D eigenvalue weighted by molar-refractivity contribution is 0.589. The number of fused-ring (bicyclic) bond motifs is 1. The van der Waals surface area contributed by atoms with Crippen molar-refractivity contribution in [1.29, 1.82) is 0 Å². The molecule has 0 aliphatic rings. The molecule has 0 aliphatic carbocycles. The average molecular weight is 195 g/mol. The molecule has 0 amide bonds. The molecule has 1 aromatic carbocycles. The summed E-state index contributed by atoms with van der Waals surface area (Å²) in [6.07, 6.45) is 0. The fourth-order valence-corrected chi connectivity index (χ4v) is 1.46. The number of para-hydroxylation sites is 1. The van der Waals surface area contributed by atoms with Crippen molar-refractivity contribution >= 4 is 10.9 Å². The highest BCUT2D eigenvalue weighted by atomic mass is 19.1. The maximum Gasteiger partial charge on any atom is 0.286 e. The predicted octanol–water partition coefficient (Wildman–Crippen LogP) is 1.82. The van der Waals surface area contributed by atoms with E-state index in [1.807, 2.05) is 0 Å². The van der Waals surface area contributed by atoms with E-state index in [1.165, 1.54) is 19.2 Å². The number of rotatable bonds is 0. The van der Waals surface area contributed by atoms with Gasteiger partial charge in [-0.1, -0.05) is 12.1 Å². The van der Waals surface area contributed by atoms with Gasteiger partial charge in [0.25, 0.3) is 5.56 Å². The molecular formula is C10H7F2NO. The first-order chi connectivity index (χ1) is 6.61. The molecule has 1 heterocycles. The summed E-state index contributed by atoms with van der Waals surface area (Å²) in [7, 11) is 1.34. The Kier molecular flexibility index (Phi) is 1.84. The molecule has 4 heteroatoms. The predicted molar refractivity (Wildman–Crippen MR) is 49.1 cm³/mol. The van der Waals surface area contributed by atoms with E-state index in [0.29, 0.717) is 5.39 Å². The first-order valence-electron chi connectivity index (χ1n) is 4.05. The minimum atomic E-state index is -0.870. The zero-order valence-corrected chi connectivity index (χ0v) is 7.42. The molecule has 0 radical (unpaired) electrons. The lowest BCUT2D eigenvalue weighted by Gasteiger charge is -2.05. The molecule has 0 aliphatic heterocycles. The second-order valence-electron chi connectivity index (χ2n) is 3.03. The number of aromatic nitrogens is 1. The maximum absolute atomic E-state index is 13.3. The zero-order valence-electron chi connectivity index (χ0n) is 7.42. The second kappa shape index (κ2) is 2.90. The quantitative estimate of drug-likeness (QED) is 0.628. The van der Waals surface area contributed by atoms with Gasteiger partial charge in [-0.2, -0.15) is 0 Å². The van der Waals surface area contributed by atoms with Crippen LogP contribution in [-0.4, -0.2) is 4.57 Å². The van der Waals surface area contributed by atoms with E-state index in [4.69, 9.17) is 0 Å². The molecule has 0 saturated heterocycles. The van der Waals surface area contributed by atoms with Gasteiger partial charge in [-0.05, 0) is 12.1 Å². The zero-order chi connectivity index (χ0) is 10.3. The van der Waals surface area contributed by atoms with Crippen molar-refractivity contribution in [3.8, 4) is 0 Å². The van der Waals surface area contributed by atoms with Gasteiger partial charge in [0.05, 0.1) is 5.52 Å². The van der Waals surface area contributed by atoms with Crippen LogP contribution < -0.4 is 5.56 Å². The summed E-state index contributed by atoms with van der Waals surface area (Å²) in [5, 5.41) is 0.379. The highest BCUT2D eigenvalue weighted by Crippen LogP contribution is 2.15. The van der Waals surface area contributed by atoms with Crippen molar-refractivity contribution in [2.45, 2.75) is 0 Å². The van der Waals surface area contributed by atoms with Gasteiger partial charge in [0, 0.05) is 12.4 Å². The van der Waals surface area contributed by atoms with Gasteiger partial charge < -0.3 is 4.57 Å². The van der Waals surface area contributed by atoms with Crippen molar-refractivity contribution < 1.29 is 8.78 Å². The van der Waals surface area contributed by atoms with Gasteiger partial charge in [-0.3, -0.25) is 4.79 Å². The summed E-state index contributed by atoms with van der Waals surface area (Å²) in [4.78, 5) is 11.2. The lowest BCUT2D eigenvalue weighted by Crippen LogP contribution is -2.20. The molecule has 2 aromatic rings. The molecule has 72 valence electrons. The van der Waals surface area contributed by atoms with Gasteiger partial charge >= 0.3 is 0 Å². The van der Waals surface area contributed by atoms with Crippen LogP contribution in [0, 0.1) is 11.6 Å². The smallest absolute Gasteiger partial charge is 0.286 e. The third-order valence-corrected chi connectivity index (χ3v) is 2.14. The van der Waals surface area contributed by atoms with Gasteiger partial charge in [-0.25, -0.2) is 8.78 Å². The summed E-state index contributed by atoms with van der Waals surface area (Å²) in [5.41, 5.74) is -0.693. The van der Waals surface area contributed by atoms with Gasteiger partial charge in [0.1, 0.15) is 5.82 Å². The summed E-state index contributed by atoms with van der Waals surface area (Å²) < 4.78 is 27.2. The summed E-state index contributed by atoms with van der Waals surface area (Å²) in [6, 6.07) is 5.31. The van der Waals surface area contributed by atoms with E-state index in [9.17, 15) is 13.6 Å². The minimum Gasteiger partial charge on any atom is -0.306 e. The Morgan fingerprint density at radius 2 is 1.93 bits per heavy atom. The van der Waals surface area contributed by atoms with Crippen LogP contribution in [0.1, 0.15) is 0 Å². The number of benzene rings is 1. The maximum atomic E-state index is 13.3. The van der Waals surface area contributed by atoms with Crippen LogP contribution >= 0.6 is 0 Å². The molecule has 14 heavy (non-hydrogen) atoms. The molecule has 2 nitrogen and oxygen atoms in total. The molecule has 2 rings (SSSR count). The van der Waals surface area contributed by atoms with Crippen LogP contribution in [0.2, 0.25) is 0 Å². The Labute approximate surface area is 78.4 Å². The number of nitrogens with zero attached hydrogens (tertiary/aromatic N) is 1. The van der Waals surface area contributed by atoms with E-state index in [1.54, 1.807) is 6.07 Å². The molecule has 0 atom stereocenters. The van der Waals surface area contributed by atoms with E-state index in [2.05, 4.69) is 0 Å². The molecule has 0 fully saturated rings. The third kappa shape index (κ3) is 1.11. The van der Waals surface area contributed by atoms with Gasteiger partial charge in [0.2, 0.25) is 0 Å². The Morgan fingerprint density at radius 1 is 1.21 bits per heavy atom. The van der Waals surface area contributed by atoms with Gasteiger partial charge in [0.15, 0.2) is 5.82 Å². The number of hydrogen-bond acceptors (Lipinski definition) is 1. The van der Waals surface area contributed by atoms with E-state index in [0.717, 1.165) is 10.6 Å². The first kappa shape index (κ1) is 8.87. The van der Waals surface area contributed by atoms with Crippen LogP contribution in [0.4, 0.5) is 8.78 Å². The van der Waals surface area contributed by atoms with Crippen LogP contribution in [0.25, 0.3) is 10.9 Å². The van der Waals surface area contributed by atoms with E-state index in [-0.39, 0.29) is 5.52 Å².